The highest BCUT2D eigenvalue weighted by atomic mass is 16.5. The summed E-state index contributed by atoms with van der Waals surface area (Å²) >= 11 is 0. The van der Waals surface area contributed by atoms with Crippen molar-refractivity contribution in [3.8, 4) is 28.3 Å². The summed E-state index contributed by atoms with van der Waals surface area (Å²) in [4.78, 5) is 40.2. The summed E-state index contributed by atoms with van der Waals surface area (Å²) in [5.74, 6) is -1.29. The maximum atomic E-state index is 13.6. The van der Waals surface area contributed by atoms with E-state index < -0.39 is 30.6 Å². The van der Waals surface area contributed by atoms with E-state index in [9.17, 15) is 24.6 Å². The molecule has 4 aromatic rings. The van der Waals surface area contributed by atoms with E-state index in [2.05, 4.69) is 25.9 Å². The third kappa shape index (κ3) is 6.58. The van der Waals surface area contributed by atoms with Gasteiger partial charge in [0, 0.05) is 49.3 Å². The van der Waals surface area contributed by atoms with Crippen LogP contribution in [0.15, 0.2) is 54.9 Å². The van der Waals surface area contributed by atoms with E-state index in [-0.39, 0.29) is 18.1 Å². The molecule has 0 saturated carbocycles. The van der Waals surface area contributed by atoms with Crippen molar-refractivity contribution in [2.45, 2.75) is 18.5 Å². The van der Waals surface area contributed by atoms with Gasteiger partial charge in [-0.15, -0.1) is 10.2 Å². The highest BCUT2D eigenvalue weighted by Gasteiger charge is 2.26. The van der Waals surface area contributed by atoms with E-state index >= 15 is 0 Å². The van der Waals surface area contributed by atoms with Crippen molar-refractivity contribution in [1.29, 1.82) is 0 Å². The molecule has 2 aromatic heterocycles. The van der Waals surface area contributed by atoms with Crippen molar-refractivity contribution in [1.82, 2.24) is 40.2 Å². The van der Waals surface area contributed by atoms with Gasteiger partial charge in [-0.1, -0.05) is 22.6 Å². The second kappa shape index (κ2) is 13.4. The van der Waals surface area contributed by atoms with Crippen molar-refractivity contribution in [3.63, 3.8) is 0 Å². The first-order valence-corrected chi connectivity index (χ1v) is 13.8. The van der Waals surface area contributed by atoms with E-state index in [4.69, 9.17) is 9.47 Å². The smallest absolute Gasteiger partial charge is 0.333 e. The summed E-state index contributed by atoms with van der Waals surface area (Å²) < 4.78 is 12.4. The number of aliphatic hydroxyl groups excluding tert-OH is 1. The Bertz CT molecular complexity index is 1630. The molecule has 1 fully saturated rings. The number of hydrogen-bond donors (Lipinski definition) is 3. The lowest BCUT2D eigenvalue weighted by Crippen LogP contribution is -2.46. The van der Waals surface area contributed by atoms with E-state index in [1.165, 1.54) is 41.9 Å². The van der Waals surface area contributed by atoms with E-state index in [1.54, 1.807) is 41.4 Å². The molecule has 15 nitrogen and oxygen atoms in total. The summed E-state index contributed by atoms with van der Waals surface area (Å²) in [6.07, 6.45) is 3.31. The molecule has 1 amide bonds. The average molecular weight is 605 g/mol. The number of amides is 1. The Morgan fingerprint density at radius 3 is 1.95 bits per heavy atom. The second-order valence-electron chi connectivity index (χ2n) is 10.1. The van der Waals surface area contributed by atoms with Crippen LogP contribution < -0.4 is 5.32 Å². The molecule has 15 heteroatoms. The first kappa shape index (κ1) is 30.3. The Balaban J connectivity index is 1.53. The lowest BCUT2D eigenvalue weighted by molar-refractivity contribution is -0.146. The van der Waals surface area contributed by atoms with Gasteiger partial charge in [-0.2, -0.15) is 0 Å². The van der Waals surface area contributed by atoms with Gasteiger partial charge in [0.1, 0.15) is 17.1 Å². The van der Waals surface area contributed by atoms with Crippen molar-refractivity contribution < 1.29 is 34.1 Å². The van der Waals surface area contributed by atoms with Crippen LogP contribution >= 0.6 is 0 Å². The molecule has 230 valence electrons. The highest BCUT2D eigenvalue weighted by Crippen LogP contribution is 2.29. The minimum absolute atomic E-state index is 0.106. The van der Waals surface area contributed by atoms with Gasteiger partial charge < -0.3 is 29.9 Å². The van der Waals surface area contributed by atoms with Gasteiger partial charge in [-0.05, 0) is 35.9 Å². The molecule has 2 atom stereocenters. The number of hydrogen-bond acceptors (Lipinski definition) is 12. The third-order valence-electron chi connectivity index (χ3n) is 7.32. The first-order valence-electron chi connectivity index (χ1n) is 13.8. The molecule has 44 heavy (non-hydrogen) atoms. The molecule has 3 heterocycles. The van der Waals surface area contributed by atoms with Crippen LogP contribution in [-0.4, -0.2) is 110 Å². The monoisotopic (exact) mass is 604 g/mol. The number of aromatic nitrogens is 6. The van der Waals surface area contributed by atoms with Gasteiger partial charge in [0.2, 0.25) is 0 Å². The van der Waals surface area contributed by atoms with Crippen molar-refractivity contribution >= 4 is 17.8 Å². The lowest BCUT2D eigenvalue weighted by atomic mass is 10.0. The molecule has 0 spiro atoms. The van der Waals surface area contributed by atoms with Crippen molar-refractivity contribution in [3.05, 3.63) is 66.0 Å². The number of nitrogens with one attached hydrogen (secondary N) is 1. The Morgan fingerprint density at radius 2 is 1.41 bits per heavy atom. The molecule has 0 unspecified atom stereocenters. The maximum absolute atomic E-state index is 13.6. The zero-order valence-electron chi connectivity index (χ0n) is 24.2. The SMILES string of the molecule is COC(=O)[C@H](CO)n1cc(-c2cc(C(=O)N3CCNCC3)cc(-c3cn([C@@H](Cc4ccc(O)cc4)C(=O)OC)nn3)c2)nn1. The van der Waals surface area contributed by atoms with Gasteiger partial charge in [-0.25, -0.2) is 19.0 Å². The van der Waals surface area contributed by atoms with Crippen molar-refractivity contribution in [2.24, 2.45) is 0 Å². The van der Waals surface area contributed by atoms with Crippen LogP contribution in [0.4, 0.5) is 0 Å². The Hall–Kier alpha value is -5.15. The van der Waals surface area contributed by atoms with Gasteiger partial charge in [0.15, 0.2) is 12.1 Å². The quantitative estimate of drug-likeness (QED) is 0.215. The predicted octanol–water partition coefficient (Wildman–Crippen LogP) is 0.618. The normalized spacial score (nSPS) is 14.6. The molecule has 5 rings (SSSR count). The molecule has 0 aliphatic carbocycles. The van der Waals surface area contributed by atoms with Gasteiger partial charge >= 0.3 is 11.9 Å². The predicted molar refractivity (Wildman–Crippen MR) is 154 cm³/mol. The number of carbonyl (C=O) groups is 3. The van der Waals surface area contributed by atoms with Crippen LogP contribution in [0.5, 0.6) is 5.75 Å². The molecular formula is C29H32N8O7. The summed E-state index contributed by atoms with van der Waals surface area (Å²) in [6.45, 7) is 1.89. The third-order valence-corrected chi connectivity index (χ3v) is 7.32. The minimum atomic E-state index is -1.09. The molecule has 1 aliphatic rings. The number of benzene rings is 2. The molecule has 1 aliphatic heterocycles. The number of nitrogens with zero attached hydrogens (tertiary/aromatic N) is 7. The standard InChI is InChI=1S/C29H32N8O7/c1-43-28(41)25(11-18-3-5-22(39)6-4-18)36-15-23(31-33-36)19-12-20(14-21(13-19)27(40)35-9-7-30-8-10-35)24-16-37(34-32-24)26(17-38)29(42)44-2/h3-6,12-16,25-26,30,38-39H,7-11,17H2,1-2H3/t25-,26-/m0/s1. The maximum Gasteiger partial charge on any atom is 0.333 e. The zero-order chi connectivity index (χ0) is 31.2. The summed E-state index contributed by atoms with van der Waals surface area (Å²) in [5.41, 5.74) is 2.92. The second-order valence-corrected chi connectivity index (χ2v) is 10.1. The van der Waals surface area contributed by atoms with Gasteiger partial charge in [0.05, 0.1) is 33.2 Å². The number of ether oxygens (including phenoxy) is 2. The van der Waals surface area contributed by atoms with E-state index in [0.717, 1.165) is 5.56 Å². The molecule has 0 bridgehead atoms. The summed E-state index contributed by atoms with van der Waals surface area (Å²) in [5, 5.41) is 39.3. The number of phenols is 1. The molecule has 0 radical (unpaired) electrons. The summed E-state index contributed by atoms with van der Waals surface area (Å²) in [7, 11) is 2.50. The number of esters is 2. The molecular weight excluding hydrogens is 572 g/mol. The fraction of sp³-hybridized carbons (Fsp3) is 0.345. The highest BCUT2D eigenvalue weighted by molar-refractivity contribution is 5.97. The summed E-state index contributed by atoms with van der Waals surface area (Å²) in [6, 6.07) is 9.67. The van der Waals surface area contributed by atoms with E-state index in [1.807, 2.05) is 0 Å². The van der Waals surface area contributed by atoms with Crippen LogP contribution in [0.3, 0.4) is 0 Å². The topological polar surface area (TPSA) is 187 Å². The number of aliphatic hydroxyl groups is 1. The Kier molecular flexibility index (Phi) is 9.26. The van der Waals surface area contributed by atoms with Gasteiger partial charge in [-0.3, -0.25) is 4.79 Å². The number of piperazine rings is 1. The average Bonchev–Trinajstić information content (AvgIpc) is 3.75. The Labute approximate surface area is 252 Å². The first-order chi connectivity index (χ1) is 21.3. The van der Waals surface area contributed by atoms with Crippen LogP contribution in [-0.2, 0) is 25.5 Å². The van der Waals surface area contributed by atoms with Crippen LogP contribution in [0.1, 0.15) is 28.0 Å². The fourth-order valence-corrected chi connectivity index (χ4v) is 4.90. The zero-order valence-corrected chi connectivity index (χ0v) is 24.2. The fourth-order valence-electron chi connectivity index (χ4n) is 4.90. The van der Waals surface area contributed by atoms with Crippen LogP contribution in [0, 0.1) is 0 Å². The van der Waals surface area contributed by atoms with Crippen LogP contribution in [0.25, 0.3) is 22.5 Å². The number of aromatic hydroxyl groups is 1. The Morgan fingerprint density at radius 1 is 0.864 bits per heavy atom. The largest absolute Gasteiger partial charge is 0.508 e. The van der Waals surface area contributed by atoms with Crippen LogP contribution in [0.2, 0.25) is 0 Å². The minimum Gasteiger partial charge on any atom is -0.508 e. The van der Waals surface area contributed by atoms with Crippen molar-refractivity contribution in [2.75, 3.05) is 47.0 Å². The van der Waals surface area contributed by atoms with E-state index in [0.29, 0.717) is 54.3 Å². The molecule has 3 N–H and O–H groups in total. The number of methoxy groups -OCH3 is 2. The van der Waals surface area contributed by atoms with Gasteiger partial charge in [0.25, 0.3) is 5.91 Å². The number of phenolic OH excluding ortho intramolecular Hbond substituents is 1. The number of rotatable bonds is 10. The lowest BCUT2D eigenvalue weighted by Gasteiger charge is -2.27. The molecule has 1 saturated heterocycles. The number of carbonyl (C=O) groups excluding carboxylic acids is 3. The molecule has 2 aromatic carbocycles.